The van der Waals surface area contributed by atoms with Crippen molar-refractivity contribution in [2.24, 2.45) is 35.8 Å². The van der Waals surface area contributed by atoms with Crippen molar-refractivity contribution in [3.05, 3.63) is 80.9 Å². The fourth-order valence-electron chi connectivity index (χ4n) is 13.1. The van der Waals surface area contributed by atoms with Crippen molar-refractivity contribution in [2.45, 2.75) is 103 Å². The van der Waals surface area contributed by atoms with Crippen LogP contribution in [0.3, 0.4) is 0 Å². The first-order valence-corrected chi connectivity index (χ1v) is 24.4. The number of hydrogen-bond acceptors (Lipinski definition) is 10. The Labute approximate surface area is 396 Å². The lowest BCUT2D eigenvalue weighted by molar-refractivity contribution is -0.153. The van der Waals surface area contributed by atoms with Gasteiger partial charge in [0, 0.05) is 75.6 Å². The van der Waals surface area contributed by atoms with Gasteiger partial charge in [0.2, 0.25) is 0 Å². The minimum absolute atomic E-state index is 0.0428. The fraction of sp³-hybridized carbons (Fsp3) is 0.560. The predicted molar refractivity (Wildman–Crippen MR) is 251 cm³/mol. The number of methoxy groups -OCH3 is 2. The van der Waals surface area contributed by atoms with E-state index in [1.54, 1.807) is 12.1 Å². The van der Waals surface area contributed by atoms with E-state index < -0.39 is 0 Å². The summed E-state index contributed by atoms with van der Waals surface area (Å²) in [7, 11) is 6.77. The monoisotopic (exact) mass is 938 g/mol. The zero-order chi connectivity index (χ0) is 46.2. The third-order valence-corrected chi connectivity index (χ3v) is 17.8. The first-order valence-electron chi connectivity index (χ1n) is 23.6. The van der Waals surface area contributed by atoms with Gasteiger partial charge in [-0.3, -0.25) is 29.0 Å². The van der Waals surface area contributed by atoms with E-state index in [2.05, 4.69) is 20.4 Å². The van der Waals surface area contributed by atoms with Crippen molar-refractivity contribution in [1.82, 2.24) is 28.9 Å². The molecular weight excluding hydrogens is 880 g/mol. The van der Waals surface area contributed by atoms with Crippen LogP contribution in [0, 0.1) is 21.7 Å². The third kappa shape index (κ3) is 7.73. The Morgan fingerprint density at radius 3 is 1.39 bits per heavy atom. The molecule has 4 heterocycles. The van der Waals surface area contributed by atoms with Crippen LogP contribution < -0.4 is 10.6 Å². The first-order chi connectivity index (χ1) is 31.7. The van der Waals surface area contributed by atoms with Crippen molar-refractivity contribution < 1.29 is 28.7 Å². The number of imidazole rings is 2. The Morgan fingerprint density at radius 2 is 1.02 bits per heavy atom. The summed E-state index contributed by atoms with van der Waals surface area (Å²) in [6.07, 6.45) is 13.5. The predicted octanol–water partition coefficient (Wildman–Crippen LogP) is 8.38. The normalized spacial score (nSPS) is 26.6. The minimum Gasteiger partial charge on any atom is -0.469 e. The molecule has 4 aromatic rings. The van der Waals surface area contributed by atoms with E-state index in [1.807, 2.05) is 47.5 Å². The van der Waals surface area contributed by atoms with E-state index in [9.17, 15) is 19.2 Å². The second-order valence-corrected chi connectivity index (χ2v) is 21.2. The number of nitrogens with one attached hydrogen (secondary N) is 2. The second-order valence-electron chi connectivity index (χ2n) is 20.5. The molecule has 0 atom stereocenters. The van der Waals surface area contributed by atoms with Gasteiger partial charge >= 0.3 is 11.9 Å². The molecule has 0 unspecified atom stereocenters. The van der Waals surface area contributed by atoms with E-state index in [0.717, 1.165) is 139 Å². The third-order valence-electron chi connectivity index (χ3n) is 17.0. The van der Waals surface area contributed by atoms with Crippen molar-refractivity contribution in [2.75, 3.05) is 51.0 Å². The van der Waals surface area contributed by atoms with Crippen molar-refractivity contribution in [1.29, 1.82) is 0 Å². The standard InChI is InChI=1S/C50H60Cl2N8O6/c1-57-37-11-23-59(25-21-47-13-17-49(29-47,18-14-47)45(63)65-3)27-35(37)53-41(57)43(61)55-33-9-5-7-31(39(33)51)32-8-6-10-34(40(32)52)56-44(62)42-54-36-28-60(24-12-38(36)58(42)2)26-22-48-15-19-50(30-48,20-16-48)46(64)66-4/h5-10H,11-30H2,1-4H3,(H,55,61)(H,56,62). The summed E-state index contributed by atoms with van der Waals surface area (Å²) < 4.78 is 14.1. The van der Waals surface area contributed by atoms with Gasteiger partial charge in [-0.25, -0.2) is 9.97 Å². The molecule has 4 bridgehead atoms. The van der Waals surface area contributed by atoms with E-state index in [0.29, 0.717) is 57.3 Å². The molecule has 0 saturated heterocycles. The van der Waals surface area contributed by atoms with Crippen LogP contribution >= 0.6 is 23.2 Å². The topological polar surface area (TPSA) is 153 Å². The Balaban J connectivity index is 0.771. The number of carbonyl (C=O) groups is 4. The van der Waals surface area contributed by atoms with Crippen LogP contribution in [0.1, 0.15) is 121 Å². The summed E-state index contributed by atoms with van der Waals surface area (Å²) in [5.41, 5.74) is 5.77. The molecular formula is C50H60Cl2N8O6. The van der Waals surface area contributed by atoms with Gasteiger partial charge in [0.05, 0.1) is 57.9 Å². The molecule has 16 heteroatoms. The smallest absolute Gasteiger partial charge is 0.311 e. The van der Waals surface area contributed by atoms with Crippen molar-refractivity contribution >= 4 is 58.3 Å². The van der Waals surface area contributed by atoms with Crippen molar-refractivity contribution in [3.8, 4) is 11.1 Å². The molecule has 2 amide bonds. The summed E-state index contributed by atoms with van der Waals surface area (Å²) in [6.45, 7) is 4.95. The van der Waals surface area contributed by atoms with Crippen LogP contribution in [0.25, 0.3) is 11.1 Å². The fourth-order valence-corrected chi connectivity index (χ4v) is 13.6. The number of carbonyl (C=O) groups excluding carboxylic acids is 4. The van der Waals surface area contributed by atoms with E-state index in [4.69, 9.17) is 42.6 Å². The highest BCUT2D eigenvalue weighted by molar-refractivity contribution is 6.40. The molecule has 2 N–H and O–H groups in total. The average molecular weight is 940 g/mol. The van der Waals surface area contributed by atoms with Gasteiger partial charge < -0.3 is 29.2 Å². The van der Waals surface area contributed by atoms with Gasteiger partial charge in [-0.05, 0) is 113 Å². The molecule has 0 radical (unpaired) electrons. The molecule has 0 spiro atoms. The lowest BCUT2D eigenvalue weighted by Crippen LogP contribution is -2.34. The van der Waals surface area contributed by atoms with Crippen LogP contribution in [-0.4, -0.2) is 93.1 Å². The zero-order valence-corrected chi connectivity index (χ0v) is 40.0. The molecule has 6 aliphatic rings. The van der Waals surface area contributed by atoms with Gasteiger partial charge in [0.1, 0.15) is 0 Å². The highest BCUT2D eigenvalue weighted by atomic mass is 35.5. The number of fused-ring (bicyclic) bond motifs is 6. The highest BCUT2D eigenvalue weighted by Crippen LogP contribution is 2.64. The SMILES string of the molecule is COC(=O)C12CCC(CCN3CCc4c(nc(C(=O)Nc5cccc(-c6cccc(NC(=O)c7nc8c(n7C)CCN(CCC79CCC(C(=O)OC)(CC7)C9)C8)c6Cl)c5Cl)n4C)C3)(CC1)C2. The number of amides is 2. The molecule has 2 aromatic heterocycles. The molecule has 2 aliphatic heterocycles. The molecule has 4 saturated carbocycles. The molecule has 14 nitrogen and oxygen atoms in total. The first kappa shape index (κ1) is 45.0. The Kier molecular flexibility index (Phi) is 11.7. The molecule has 4 aliphatic carbocycles. The van der Waals surface area contributed by atoms with Crippen LogP contribution in [0.4, 0.5) is 11.4 Å². The molecule has 4 fully saturated rings. The number of benzene rings is 2. The van der Waals surface area contributed by atoms with E-state index >= 15 is 0 Å². The maximum atomic E-state index is 13.9. The molecule has 2 aromatic carbocycles. The quantitative estimate of drug-likeness (QED) is 0.125. The van der Waals surface area contributed by atoms with Crippen molar-refractivity contribution in [3.63, 3.8) is 0 Å². The number of esters is 2. The van der Waals surface area contributed by atoms with Gasteiger partial charge in [0.15, 0.2) is 11.6 Å². The summed E-state index contributed by atoms with van der Waals surface area (Å²) in [6, 6.07) is 10.8. The maximum Gasteiger partial charge on any atom is 0.311 e. The lowest BCUT2D eigenvalue weighted by atomic mass is 9.80. The largest absolute Gasteiger partial charge is 0.469 e. The Bertz CT molecular complexity index is 2440. The zero-order valence-electron chi connectivity index (χ0n) is 38.5. The van der Waals surface area contributed by atoms with Gasteiger partial charge in [-0.1, -0.05) is 47.5 Å². The van der Waals surface area contributed by atoms with Gasteiger partial charge in [0.25, 0.3) is 11.8 Å². The Hall–Kier alpha value is -4.76. The molecule has 350 valence electrons. The molecule has 66 heavy (non-hydrogen) atoms. The number of anilines is 2. The number of ether oxygens (including phenoxy) is 2. The number of aromatic nitrogens is 4. The number of rotatable bonds is 13. The van der Waals surface area contributed by atoms with Crippen LogP contribution in [-0.2, 0) is 59.1 Å². The molecule has 10 rings (SSSR count). The number of nitrogens with zero attached hydrogens (tertiary/aromatic N) is 6. The lowest BCUT2D eigenvalue weighted by Gasteiger charge is -2.32. The average Bonchev–Trinajstić information content (AvgIpc) is 4.19. The van der Waals surface area contributed by atoms with Crippen LogP contribution in [0.15, 0.2) is 36.4 Å². The second kappa shape index (κ2) is 17.1. The summed E-state index contributed by atoms with van der Waals surface area (Å²) in [4.78, 5) is 67.5. The van der Waals surface area contributed by atoms with E-state index in [1.165, 1.54) is 14.2 Å². The minimum atomic E-state index is -0.366. The highest BCUT2D eigenvalue weighted by Gasteiger charge is 2.59. The van der Waals surface area contributed by atoms with Crippen LogP contribution in [0.2, 0.25) is 10.0 Å². The van der Waals surface area contributed by atoms with Crippen LogP contribution in [0.5, 0.6) is 0 Å². The maximum absolute atomic E-state index is 13.9. The summed E-state index contributed by atoms with van der Waals surface area (Å²) in [5, 5.41) is 6.62. The number of hydrogen-bond donors (Lipinski definition) is 2. The number of halogens is 2. The summed E-state index contributed by atoms with van der Waals surface area (Å²) in [5.74, 6) is -0.191. The van der Waals surface area contributed by atoms with Gasteiger partial charge in [-0.2, -0.15) is 0 Å². The summed E-state index contributed by atoms with van der Waals surface area (Å²) >= 11 is 14.1. The van der Waals surface area contributed by atoms with Gasteiger partial charge in [-0.15, -0.1) is 0 Å². The Morgan fingerprint density at radius 1 is 0.621 bits per heavy atom. The van der Waals surface area contributed by atoms with E-state index in [-0.39, 0.29) is 45.4 Å².